The van der Waals surface area contributed by atoms with Gasteiger partial charge in [-0.3, -0.25) is 25.3 Å². The van der Waals surface area contributed by atoms with Gasteiger partial charge in [-0.1, -0.05) is 236 Å². The number of nitrogens with zero attached hydrogens (tertiary/aromatic N) is 1. The molecule has 10 heterocycles. The van der Waals surface area contributed by atoms with Crippen LogP contribution in [0.25, 0.3) is 100 Å². The summed E-state index contributed by atoms with van der Waals surface area (Å²) in [5.41, 5.74) is 3.89. The van der Waals surface area contributed by atoms with Gasteiger partial charge in [0.05, 0.1) is 89.7 Å². The third kappa shape index (κ3) is 21.6. The fourth-order valence-electron chi connectivity index (χ4n) is 17.4. The Morgan fingerprint density at radius 2 is 0.656 bits per heavy atom. The van der Waals surface area contributed by atoms with Gasteiger partial charge in [-0.05, 0) is 156 Å². The maximum Gasteiger partial charge on any atom is 0.263 e. The average molecular weight is 1810 g/mol. The number of amides is 2. The van der Waals surface area contributed by atoms with Crippen LogP contribution in [0.1, 0.15) is 322 Å². The molecule has 2 aliphatic rings. The molecule has 4 atom stereocenters. The fourth-order valence-corrected chi connectivity index (χ4v) is 27.7. The molecule has 0 bridgehead atoms. The highest BCUT2D eigenvalue weighted by Gasteiger charge is 2.43. The van der Waals surface area contributed by atoms with Crippen LogP contribution in [0.15, 0.2) is 84.1 Å². The number of benzene rings is 2. The highest BCUT2D eigenvalue weighted by atomic mass is 32.1. The summed E-state index contributed by atoms with van der Waals surface area (Å²) in [6.45, 7) is 32.7. The second-order valence-corrected chi connectivity index (χ2v) is 44.3. The predicted molar refractivity (Wildman–Crippen MR) is 537 cm³/mol. The second-order valence-electron chi connectivity index (χ2n) is 34.3. The lowest BCUT2D eigenvalue weighted by Gasteiger charge is -2.25. The minimum atomic E-state index is -0.189. The molecule has 0 saturated heterocycles. The van der Waals surface area contributed by atoms with Gasteiger partial charge in [0.25, 0.3) is 11.8 Å². The Labute approximate surface area is 764 Å². The van der Waals surface area contributed by atoms with E-state index in [1.807, 2.05) is 0 Å². The molecular formula is C103H133N3O7S9. The van der Waals surface area contributed by atoms with Crippen molar-refractivity contribution in [2.24, 2.45) is 23.7 Å². The van der Waals surface area contributed by atoms with Gasteiger partial charge in [0.15, 0.2) is 0 Å². The van der Waals surface area contributed by atoms with Gasteiger partial charge in [-0.2, -0.15) is 0 Å². The zero-order valence-electron chi connectivity index (χ0n) is 75.1. The van der Waals surface area contributed by atoms with Crippen molar-refractivity contribution < 1.29 is 33.3 Å². The maximum absolute atomic E-state index is 15.4. The van der Waals surface area contributed by atoms with Gasteiger partial charge in [0, 0.05) is 97.8 Å². The molecular weight excluding hydrogens is 1680 g/mol. The number of fused-ring (bicyclic) bond motifs is 5. The molecule has 11 aromatic rings. The maximum atomic E-state index is 15.4. The van der Waals surface area contributed by atoms with E-state index in [2.05, 4.69) is 163 Å². The third-order valence-corrected chi connectivity index (χ3v) is 36.0. The summed E-state index contributed by atoms with van der Waals surface area (Å²) in [5.74, 6) is 5.74. The molecule has 122 heavy (non-hydrogen) atoms. The highest BCUT2D eigenvalue weighted by Crippen LogP contribution is 2.58. The van der Waals surface area contributed by atoms with Crippen molar-refractivity contribution in [3.8, 4) is 71.8 Å². The number of allylic oxidation sites excluding steroid dienone is 3. The van der Waals surface area contributed by atoms with E-state index in [0.29, 0.717) is 74.4 Å². The molecule has 1 aliphatic carbocycles. The molecule has 13 rings (SSSR count). The Morgan fingerprint density at radius 3 is 1.05 bits per heavy atom. The van der Waals surface area contributed by atoms with E-state index in [1.165, 1.54) is 93.2 Å². The Kier molecular flexibility index (Phi) is 34.8. The van der Waals surface area contributed by atoms with Gasteiger partial charge in [-0.25, -0.2) is 0 Å². The third-order valence-electron chi connectivity index (χ3n) is 25.1. The van der Waals surface area contributed by atoms with Crippen molar-refractivity contribution in [1.82, 2.24) is 4.90 Å². The van der Waals surface area contributed by atoms with Crippen LogP contribution in [0.2, 0.25) is 0 Å². The topological polar surface area (TPSA) is 131 Å². The second kappa shape index (κ2) is 45.4. The van der Waals surface area contributed by atoms with E-state index in [-0.39, 0.29) is 23.2 Å². The van der Waals surface area contributed by atoms with Crippen LogP contribution in [0.4, 0.5) is 0 Å². The van der Waals surface area contributed by atoms with Gasteiger partial charge in [-0.15, -0.1) is 102 Å². The Bertz CT molecular complexity index is 5270. The zero-order valence-corrected chi connectivity index (χ0v) is 82.4. The number of unbranched alkanes of at least 4 members (excludes halogenated alkanes) is 18. The SMILES string of the molecule is CCCCCCCCCCCCOC1=C(c2ccc(C)s2)C(=N)C(=N)C(c2ccc(-c3cc4c(OCC(CC)CCCC)c5sc(-c6ccc(-c7sc(-c8ccc(-c9cc%10c(OCC(CC)CCCC)c%11sc(C)cc%11c(OCC(CC)CCCC)c%10s9)s8)c8c7C(=O)N(CCCCCCCC)C8=O)s6)cc5c(OCC(CC)CCCC)c4s3)s2)=C1C. The van der Waals surface area contributed by atoms with Gasteiger partial charge in [0.2, 0.25) is 0 Å². The summed E-state index contributed by atoms with van der Waals surface area (Å²) in [5, 5.41) is 23.9. The predicted octanol–water partition coefficient (Wildman–Crippen LogP) is 35.3. The molecule has 0 radical (unpaired) electrons. The molecule has 19 heteroatoms. The van der Waals surface area contributed by atoms with Crippen LogP contribution in [0.5, 0.6) is 23.0 Å². The van der Waals surface area contributed by atoms with E-state index in [1.54, 1.807) is 107 Å². The van der Waals surface area contributed by atoms with Gasteiger partial charge in [0.1, 0.15) is 28.8 Å². The lowest BCUT2D eigenvalue weighted by atomic mass is 9.86. The standard InChI is InChI=1S/C103H133N3O7S9/c1-14-24-30-32-34-35-36-37-39-41-55-109-91-66(13)85(89(104)90(105)86(91)79-47-46-64(11)114-79)78-51-48-75(116-78)82-58-73-94(112-62-69(22-9)44-28-18-5)99-74(95(98(73)119-82)113-63-70(23-10)45-29-19-6)59-84(121-99)77-50-53-81(118-77)101-88-87(102(107)106(103(88)108)54-40-38-33-31-25-15-2)100(122-101)80-52-49-76(117-80)83-57-72-93(111-61-68(21-8)43-27-17-4)96-71(56-65(12)115-96)92(97(72)120-83)110-60-67(20-7)42-26-16-3/h46-53,56-59,67-70,104-105H,14-45,54-55,60-63H2,1-13H3. The lowest BCUT2D eigenvalue weighted by Crippen LogP contribution is -2.31. The highest BCUT2D eigenvalue weighted by molar-refractivity contribution is 7.32. The largest absolute Gasteiger partial charge is 0.493 e. The van der Waals surface area contributed by atoms with Crippen molar-refractivity contribution in [3.05, 3.63) is 115 Å². The van der Waals surface area contributed by atoms with Crippen molar-refractivity contribution in [2.45, 2.75) is 295 Å². The number of thiophene rings is 9. The summed E-state index contributed by atoms with van der Waals surface area (Å²) in [6.07, 6.45) is 36.7. The first-order valence-electron chi connectivity index (χ1n) is 46.7. The van der Waals surface area contributed by atoms with Gasteiger partial charge < -0.3 is 23.7 Å². The molecule has 2 aromatic carbocycles. The van der Waals surface area contributed by atoms with Crippen LogP contribution >= 0.6 is 102 Å². The number of carbonyl (C=O) groups excluding carboxylic acids is 2. The van der Waals surface area contributed by atoms with Crippen LogP contribution in [0, 0.1) is 48.3 Å². The number of aryl methyl sites for hydroxylation is 2. The lowest BCUT2D eigenvalue weighted by molar-refractivity contribution is 0.0651. The van der Waals surface area contributed by atoms with Gasteiger partial charge >= 0.3 is 0 Å². The Morgan fingerprint density at radius 1 is 0.320 bits per heavy atom. The first-order valence-corrected chi connectivity index (χ1v) is 54.1. The summed E-state index contributed by atoms with van der Waals surface area (Å²) in [7, 11) is 0. The smallest absolute Gasteiger partial charge is 0.263 e. The average Bonchev–Trinajstić information content (AvgIpc) is 1.52. The van der Waals surface area contributed by atoms with E-state index in [4.69, 9.17) is 23.7 Å². The number of hydrogen-bond donors (Lipinski definition) is 2. The molecule has 4 unspecified atom stereocenters. The molecule has 10 nitrogen and oxygen atoms in total. The molecule has 1 aliphatic heterocycles. The number of hydrogen-bond acceptors (Lipinski definition) is 18. The van der Waals surface area contributed by atoms with E-state index >= 15 is 9.59 Å². The van der Waals surface area contributed by atoms with Crippen molar-refractivity contribution in [1.29, 1.82) is 10.8 Å². The Hall–Kier alpha value is -6.26. The van der Waals surface area contributed by atoms with Crippen molar-refractivity contribution in [3.63, 3.8) is 0 Å². The number of imide groups is 1. The van der Waals surface area contributed by atoms with E-state index < -0.39 is 0 Å². The number of carbonyl (C=O) groups is 2. The number of nitrogens with one attached hydrogen (secondary N) is 2. The summed E-state index contributed by atoms with van der Waals surface area (Å²) >= 11 is 15.5. The summed E-state index contributed by atoms with van der Waals surface area (Å²) in [4.78, 5) is 46.9. The minimum Gasteiger partial charge on any atom is -0.493 e. The van der Waals surface area contributed by atoms with Crippen LogP contribution in [-0.4, -0.2) is 67.7 Å². The molecule has 0 fully saturated rings. The van der Waals surface area contributed by atoms with Crippen LogP contribution in [0.3, 0.4) is 0 Å². The first-order chi connectivity index (χ1) is 59.5. The van der Waals surface area contributed by atoms with Crippen molar-refractivity contribution in [2.75, 3.05) is 39.6 Å². The number of ether oxygens (including phenoxy) is 5. The summed E-state index contributed by atoms with van der Waals surface area (Å²) < 4.78 is 40.4. The molecule has 0 spiro atoms. The quantitative estimate of drug-likeness (QED) is 0.0220. The molecule has 656 valence electrons. The first kappa shape index (κ1) is 93.4. The molecule has 2 amide bonds. The van der Waals surface area contributed by atoms with Crippen molar-refractivity contribution >= 4 is 177 Å². The van der Waals surface area contributed by atoms with Crippen LogP contribution < -0.4 is 18.9 Å². The van der Waals surface area contributed by atoms with E-state index in [9.17, 15) is 10.8 Å². The minimum absolute atomic E-state index is 0.187. The molecule has 0 saturated carbocycles. The molecule has 2 N–H and O–H groups in total. The van der Waals surface area contributed by atoms with Crippen LogP contribution in [-0.2, 0) is 4.74 Å². The normalized spacial score (nSPS) is 14.4. The summed E-state index contributed by atoms with van der Waals surface area (Å²) in [6, 6.07) is 26.7. The number of rotatable bonds is 54. The monoisotopic (exact) mass is 1810 g/mol. The Balaban J connectivity index is 0.880. The fraction of sp³-hybridized carbons (Fsp3) is 0.534. The zero-order chi connectivity index (χ0) is 85.9. The van der Waals surface area contributed by atoms with E-state index in [0.717, 1.165) is 266 Å². The molecule has 9 aromatic heterocycles.